The molecule has 28 heavy (non-hydrogen) atoms. The van der Waals surface area contributed by atoms with Crippen LogP contribution >= 0.6 is 11.8 Å². The molecule has 1 aromatic carbocycles. The molecule has 0 spiro atoms. The molecule has 1 fully saturated rings. The maximum absolute atomic E-state index is 12.7. The van der Waals surface area contributed by atoms with Crippen LogP contribution in [0.3, 0.4) is 0 Å². The lowest BCUT2D eigenvalue weighted by Gasteiger charge is -2.32. The van der Waals surface area contributed by atoms with Crippen molar-refractivity contribution in [3.8, 4) is 0 Å². The minimum Gasteiger partial charge on any atom is -0.480 e. The smallest absolute Gasteiger partial charge is 0.410 e. The molecular weight excluding hydrogens is 382 g/mol. The van der Waals surface area contributed by atoms with Crippen molar-refractivity contribution in [2.24, 2.45) is 0 Å². The van der Waals surface area contributed by atoms with E-state index in [-0.39, 0.29) is 12.2 Å². The summed E-state index contributed by atoms with van der Waals surface area (Å²) in [4.78, 5) is 40.3. The van der Waals surface area contributed by atoms with Crippen molar-refractivity contribution in [2.45, 2.75) is 18.6 Å². The van der Waals surface area contributed by atoms with Crippen molar-refractivity contribution in [3.05, 3.63) is 35.9 Å². The quantitative estimate of drug-likeness (QED) is 0.658. The molecule has 1 aliphatic rings. The van der Waals surface area contributed by atoms with E-state index >= 15 is 0 Å². The molecule has 2 N–H and O–H groups in total. The standard InChI is InChI=1S/C19H27N3O5S/c1-21-8-10-22(11-9-21)19(26)27-16(12-14-6-4-3-5-7-14)17(23)20-15(13-28-2)18(24)25/h3-7,15-16H,8-13H2,1-2H3,(H,20,23)(H,24,25)/t15-,16-/m0/s1. The average molecular weight is 410 g/mol. The van der Waals surface area contributed by atoms with Gasteiger partial charge in [0, 0.05) is 38.4 Å². The van der Waals surface area contributed by atoms with Gasteiger partial charge in [-0.15, -0.1) is 0 Å². The van der Waals surface area contributed by atoms with Gasteiger partial charge in [0.1, 0.15) is 6.04 Å². The van der Waals surface area contributed by atoms with Gasteiger partial charge in [-0.05, 0) is 18.9 Å². The normalized spacial score (nSPS) is 16.9. The number of hydrogen-bond acceptors (Lipinski definition) is 6. The molecule has 2 atom stereocenters. The Morgan fingerprint density at radius 2 is 1.82 bits per heavy atom. The number of ether oxygens (including phenoxy) is 1. The molecule has 154 valence electrons. The minimum absolute atomic E-state index is 0.178. The van der Waals surface area contributed by atoms with E-state index in [1.165, 1.54) is 11.8 Å². The topological polar surface area (TPSA) is 99.2 Å². The molecule has 1 saturated heterocycles. The number of rotatable bonds is 8. The Morgan fingerprint density at radius 1 is 1.18 bits per heavy atom. The van der Waals surface area contributed by atoms with Crippen LogP contribution in [0.25, 0.3) is 0 Å². The highest BCUT2D eigenvalue weighted by molar-refractivity contribution is 7.98. The lowest BCUT2D eigenvalue weighted by Crippen LogP contribution is -2.51. The van der Waals surface area contributed by atoms with E-state index < -0.39 is 30.1 Å². The summed E-state index contributed by atoms with van der Waals surface area (Å²) in [5, 5.41) is 11.8. The minimum atomic E-state index is -1.12. The molecule has 2 rings (SSSR count). The van der Waals surface area contributed by atoms with Crippen LogP contribution in [0.1, 0.15) is 5.56 Å². The van der Waals surface area contributed by atoms with Gasteiger partial charge in [-0.2, -0.15) is 11.8 Å². The van der Waals surface area contributed by atoms with Crippen molar-refractivity contribution in [2.75, 3.05) is 45.2 Å². The number of nitrogens with zero attached hydrogens (tertiary/aromatic N) is 2. The van der Waals surface area contributed by atoms with Crippen LogP contribution in [0.15, 0.2) is 30.3 Å². The van der Waals surface area contributed by atoms with Gasteiger partial charge in [-0.3, -0.25) is 4.79 Å². The summed E-state index contributed by atoms with van der Waals surface area (Å²) in [5.74, 6) is -1.50. The van der Waals surface area contributed by atoms with Crippen molar-refractivity contribution in [1.29, 1.82) is 0 Å². The Bertz CT molecular complexity index is 665. The summed E-state index contributed by atoms with van der Waals surface area (Å²) in [7, 11) is 1.98. The summed E-state index contributed by atoms with van der Waals surface area (Å²) in [6.45, 7) is 2.53. The van der Waals surface area contributed by atoms with E-state index in [0.29, 0.717) is 13.1 Å². The van der Waals surface area contributed by atoms with Crippen molar-refractivity contribution < 1.29 is 24.2 Å². The number of thioether (sulfide) groups is 1. The third-order valence-electron chi connectivity index (χ3n) is 4.51. The first-order valence-corrected chi connectivity index (χ1v) is 10.5. The number of carboxylic acid groups (broad SMARTS) is 1. The van der Waals surface area contributed by atoms with E-state index in [1.807, 2.05) is 37.4 Å². The van der Waals surface area contributed by atoms with Crippen LogP contribution in [-0.2, 0) is 20.7 Å². The fourth-order valence-electron chi connectivity index (χ4n) is 2.81. The van der Waals surface area contributed by atoms with E-state index in [2.05, 4.69) is 10.2 Å². The molecule has 8 nitrogen and oxygen atoms in total. The summed E-state index contributed by atoms with van der Waals surface area (Å²) in [5.41, 5.74) is 0.825. The van der Waals surface area contributed by atoms with E-state index in [0.717, 1.165) is 18.7 Å². The largest absolute Gasteiger partial charge is 0.480 e. The number of amides is 2. The van der Waals surface area contributed by atoms with Gasteiger partial charge in [0.2, 0.25) is 0 Å². The van der Waals surface area contributed by atoms with Crippen LogP contribution in [-0.4, -0.2) is 90.3 Å². The summed E-state index contributed by atoms with van der Waals surface area (Å²) in [6, 6.07) is 8.15. The zero-order chi connectivity index (χ0) is 20.5. The van der Waals surface area contributed by atoms with Crippen LogP contribution in [0.2, 0.25) is 0 Å². The highest BCUT2D eigenvalue weighted by Gasteiger charge is 2.30. The highest BCUT2D eigenvalue weighted by Crippen LogP contribution is 2.11. The number of piperazine rings is 1. The molecule has 0 unspecified atom stereocenters. The van der Waals surface area contributed by atoms with Crippen molar-refractivity contribution in [3.63, 3.8) is 0 Å². The van der Waals surface area contributed by atoms with Crippen LogP contribution in [0, 0.1) is 0 Å². The highest BCUT2D eigenvalue weighted by atomic mass is 32.2. The zero-order valence-corrected chi connectivity index (χ0v) is 17.0. The van der Waals surface area contributed by atoms with Crippen LogP contribution in [0.5, 0.6) is 0 Å². The SMILES string of the molecule is CSC[C@H](NC(=O)[C@H](Cc1ccccc1)OC(=O)N1CCN(C)CC1)C(=O)O. The molecule has 0 aliphatic carbocycles. The van der Waals surface area contributed by atoms with E-state index in [1.54, 1.807) is 11.2 Å². The van der Waals surface area contributed by atoms with E-state index in [9.17, 15) is 19.5 Å². The first-order valence-electron chi connectivity index (χ1n) is 9.11. The average Bonchev–Trinajstić information content (AvgIpc) is 2.68. The fourth-order valence-corrected chi connectivity index (χ4v) is 3.37. The molecular formula is C19H27N3O5S. The lowest BCUT2D eigenvalue weighted by atomic mass is 10.1. The third-order valence-corrected chi connectivity index (χ3v) is 5.18. The fraction of sp³-hybridized carbons (Fsp3) is 0.526. The van der Waals surface area contributed by atoms with Gasteiger partial charge in [-0.1, -0.05) is 30.3 Å². The maximum Gasteiger partial charge on any atom is 0.410 e. The second kappa shape index (κ2) is 10.9. The zero-order valence-electron chi connectivity index (χ0n) is 16.2. The predicted molar refractivity (Wildman–Crippen MR) is 107 cm³/mol. The Balaban J connectivity index is 2.08. The molecule has 0 aromatic heterocycles. The second-order valence-electron chi connectivity index (χ2n) is 6.71. The lowest BCUT2D eigenvalue weighted by molar-refractivity contribution is -0.142. The monoisotopic (exact) mass is 409 g/mol. The Hall–Kier alpha value is -2.26. The number of aliphatic carboxylic acids is 1. The number of carbonyl (C=O) groups excluding carboxylic acids is 2. The maximum atomic E-state index is 12.7. The molecule has 2 amide bonds. The molecule has 0 saturated carbocycles. The molecule has 1 heterocycles. The number of benzene rings is 1. The number of hydrogen-bond donors (Lipinski definition) is 2. The van der Waals surface area contributed by atoms with Crippen molar-refractivity contribution >= 4 is 29.7 Å². The molecule has 1 aliphatic heterocycles. The molecule has 9 heteroatoms. The van der Waals surface area contributed by atoms with E-state index in [4.69, 9.17) is 4.74 Å². The number of carboxylic acids is 1. The van der Waals surface area contributed by atoms with Gasteiger partial charge in [0.05, 0.1) is 0 Å². The van der Waals surface area contributed by atoms with Gasteiger partial charge in [0.15, 0.2) is 6.10 Å². The van der Waals surface area contributed by atoms with Crippen LogP contribution in [0.4, 0.5) is 4.79 Å². The van der Waals surface area contributed by atoms with Gasteiger partial charge < -0.3 is 25.0 Å². The summed E-state index contributed by atoms with van der Waals surface area (Å²) in [6.07, 6.45) is 0.286. The predicted octanol–water partition coefficient (Wildman–Crippen LogP) is 0.914. The van der Waals surface area contributed by atoms with Crippen LogP contribution < -0.4 is 5.32 Å². The summed E-state index contributed by atoms with van der Waals surface area (Å²) < 4.78 is 5.51. The Morgan fingerprint density at radius 3 is 2.39 bits per heavy atom. The second-order valence-corrected chi connectivity index (χ2v) is 7.62. The number of likely N-dealkylation sites (N-methyl/N-ethyl adjacent to an activating group) is 1. The Kier molecular flexibility index (Phi) is 8.59. The first kappa shape index (κ1) is 22.0. The van der Waals surface area contributed by atoms with Gasteiger partial charge in [-0.25, -0.2) is 9.59 Å². The Labute approximate surface area is 169 Å². The number of carbonyl (C=O) groups is 3. The molecule has 1 aromatic rings. The van der Waals surface area contributed by atoms with Gasteiger partial charge >= 0.3 is 12.1 Å². The molecule has 0 bridgehead atoms. The van der Waals surface area contributed by atoms with Gasteiger partial charge in [0.25, 0.3) is 5.91 Å². The molecule has 0 radical (unpaired) electrons. The third kappa shape index (κ3) is 6.72. The number of nitrogens with one attached hydrogen (secondary N) is 1. The van der Waals surface area contributed by atoms with Crippen molar-refractivity contribution in [1.82, 2.24) is 15.1 Å². The summed E-state index contributed by atoms with van der Waals surface area (Å²) >= 11 is 1.32. The first-order chi connectivity index (χ1) is 13.4.